The number of H-pyrrole nitrogens is 1. The first-order chi connectivity index (χ1) is 13.9. The van der Waals surface area contributed by atoms with Gasteiger partial charge < -0.3 is 15.1 Å². The van der Waals surface area contributed by atoms with E-state index in [9.17, 15) is 15.0 Å². The molecule has 4 rings (SSSR count). The predicted molar refractivity (Wildman–Crippen MR) is 114 cm³/mol. The highest BCUT2D eigenvalue weighted by Crippen LogP contribution is 2.45. The minimum atomic E-state index is -0.394. The van der Waals surface area contributed by atoms with Crippen LogP contribution in [0.2, 0.25) is 5.02 Å². The molecule has 1 unspecified atom stereocenters. The normalized spacial score (nSPS) is 15.8. The van der Waals surface area contributed by atoms with Crippen molar-refractivity contribution in [1.82, 2.24) is 15.1 Å². The minimum Gasteiger partial charge on any atom is -0.507 e. The first kappa shape index (κ1) is 19.9. The van der Waals surface area contributed by atoms with Gasteiger partial charge in [0.05, 0.1) is 6.04 Å². The molecule has 2 aromatic carbocycles. The number of aromatic nitrogens is 2. The van der Waals surface area contributed by atoms with Crippen molar-refractivity contribution in [3.8, 4) is 17.0 Å². The lowest BCUT2D eigenvalue weighted by molar-refractivity contribution is 0.0732. The van der Waals surface area contributed by atoms with E-state index in [0.717, 1.165) is 15.6 Å². The summed E-state index contributed by atoms with van der Waals surface area (Å²) in [6.07, 6.45) is 0.463. The number of halogens is 2. The molecule has 1 amide bonds. The highest BCUT2D eigenvalue weighted by atomic mass is 79.9. The van der Waals surface area contributed by atoms with Gasteiger partial charge in [-0.25, -0.2) is 0 Å². The summed E-state index contributed by atoms with van der Waals surface area (Å²) in [6, 6.07) is 10.6. The molecule has 0 bridgehead atoms. The van der Waals surface area contributed by atoms with E-state index in [1.165, 1.54) is 0 Å². The summed E-state index contributed by atoms with van der Waals surface area (Å²) in [5.74, 6) is -0.134. The van der Waals surface area contributed by atoms with Crippen molar-refractivity contribution in [1.29, 1.82) is 0 Å². The Morgan fingerprint density at radius 2 is 2.10 bits per heavy atom. The molecule has 150 valence electrons. The molecular weight excluding hydrogens is 458 g/mol. The van der Waals surface area contributed by atoms with E-state index in [1.54, 1.807) is 17.0 Å². The van der Waals surface area contributed by atoms with Gasteiger partial charge in [0.2, 0.25) is 0 Å². The van der Waals surface area contributed by atoms with Gasteiger partial charge in [-0.3, -0.25) is 9.89 Å². The number of phenols is 1. The van der Waals surface area contributed by atoms with E-state index in [4.69, 9.17) is 11.6 Å². The Labute approximate surface area is 181 Å². The lowest BCUT2D eigenvalue weighted by Crippen LogP contribution is -2.31. The fraction of sp³-hybridized carbons (Fsp3) is 0.238. The summed E-state index contributed by atoms with van der Waals surface area (Å²) in [7, 11) is 0. The van der Waals surface area contributed by atoms with Crippen LogP contribution in [0.1, 0.15) is 39.6 Å². The molecule has 0 spiro atoms. The number of hydrogen-bond acceptors (Lipinski definition) is 4. The van der Waals surface area contributed by atoms with Gasteiger partial charge in [-0.15, -0.1) is 0 Å². The average molecular weight is 477 g/mol. The van der Waals surface area contributed by atoms with Gasteiger partial charge in [-0.1, -0.05) is 39.7 Å². The molecular formula is C21H19BrClN3O3. The lowest BCUT2D eigenvalue weighted by atomic mass is 9.95. The fourth-order valence-corrected chi connectivity index (χ4v) is 4.33. The number of hydrogen-bond donors (Lipinski definition) is 3. The number of carbonyl (C=O) groups excluding carboxylic acids is 1. The second-order valence-electron chi connectivity index (χ2n) is 7.01. The quantitative estimate of drug-likeness (QED) is 0.508. The van der Waals surface area contributed by atoms with E-state index in [0.29, 0.717) is 40.5 Å². The Balaban J connectivity index is 1.91. The molecule has 0 saturated heterocycles. The molecule has 8 heteroatoms. The van der Waals surface area contributed by atoms with Crippen LogP contribution in [0.5, 0.6) is 5.75 Å². The van der Waals surface area contributed by atoms with Crippen LogP contribution < -0.4 is 0 Å². The third-order valence-electron chi connectivity index (χ3n) is 5.12. The largest absolute Gasteiger partial charge is 0.507 e. The maximum absolute atomic E-state index is 13.1. The zero-order valence-corrected chi connectivity index (χ0v) is 18.0. The van der Waals surface area contributed by atoms with Crippen LogP contribution in [0.4, 0.5) is 0 Å². The molecule has 1 atom stereocenters. The van der Waals surface area contributed by atoms with E-state index in [2.05, 4.69) is 26.1 Å². The van der Waals surface area contributed by atoms with Crippen molar-refractivity contribution >= 4 is 33.4 Å². The number of nitrogens with zero attached hydrogens (tertiary/aromatic N) is 2. The van der Waals surface area contributed by atoms with E-state index >= 15 is 0 Å². The molecule has 3 aromatic rings. The summed E-state index contributed by atoms with van der Waals surface area (Å²) in [5.41, 5.74) is 3.70. The van der Waals surface area contributed by atoms with Crippen LogP contribution >= 0.6 is 27.5 Å². The zero-order chi connectivity index (χ0) is 20.7. The molecule has 2 heterocycles. The number of aryl methyl sites for hydroxylation is 1. The van der Waals surface area contributed by atoms with Crippen molar-refractivity contribution < 1.29 is 15.0 Å². The Hall–Kier alpha value is -2.35. The van der Waals surface area contributed by atoms with E-state index in [1.807, 2.05) is 31.2 Å². The number of rotatable bonds is 5. The first-order valence-corrected chi connectivity index (χ1v) is 10.3. The number of nitrogens with one attached hydrogen (secondary N) is 1. The van der Waals surface area contributed by atoms with Gasteiger partial charge in [0, 0.05) is 33.8 Å². The molecule has 29 heavy (non-hydrogen) atoms. The van der Waals surface area contributed by atoms with Crippen LogP contribution in [0.25, 0.3) is 11.3 Å². The molecule has 3 N–H and O–H groups in total. The topological polar surface area (TPSA) is 89.5 Å². The number of aromatic hydroxyl groups is 1. The Kier molecular flexibility index (Phi) is 5.38. The number of aromatic amines is 1. The first-order valence-electron chi connectivity index (χ1n) is 9.17. The third-order valence-corrected chi connectivity index (χ3v) is 6.02. The van der Waals surface area contributed by atoms with Crippen LogP contribution in [0.15, 0.2) is 40.9 Å². The summed E-state index contributed by atoms with van der Waals surface area (Å²) < 4.78 is 0.893. The number of amides is 1. The number of aliphatic hydroxyl groups is 1. The molecule has 6 nitrogen and oxygen atoms in total. The molecule has 1 aliphatic rings. The number of aliphatic hydroxyl groups excluding tert-OH is 1. The predicted octanol–water partition coefficient (Wildman–Crippen LogP) is 4.43. The van der Waals surface area contributed by atoms with Gasteiger partial charge in [0.1, 0.15) is 17.1 Å². The maximum Gasteiger partial charge on any atom is 0.273 e. The number of fused-ring (bicyclic) bond motifs is 1. The van der Waals surface area contributed by atoms with Crippen molar-refractivity contribution in [3.63, 3.8) is 0 Å². The van der Waals surface area contributed by atoms with Crippen molar-refractivity contribution in [2.24, 2.45) is 0 Å². The van der Waals surface area contributed by atoms with Gasteiger partial charge >= 0.3 is 0 Å². The highest BCUT2D eigenvalue weighted by molar-refractivity contribution is 9.10. The number of phenolic OH excluding ortho intramolecular Hbond substituents is 1. The molecule has 0 saturated carbocycles. The molecule has 1 aliphatic heterocycles. The fourth-order valence-electron chi connectivity index (χ4n) is 3.75. The summed E-state index contributed by atoms with van der Waals surface area (Å²) >= 11 is 9.79. The Morgan fingerprint density at radius 3 is 2.83 bits per heavy atom. The van der Waals surface area contributed by atoms with E-state index < -0.39 is 6.04 Å². The molecule has 0 aliphatic carbocycles. The van der Waals surface area contributed by atoms with Crippen molar-refractivity contribution in [3.05, 3.63) is 68.3 Å². The highest BCUT2D eigenvalue weighted by Gasteiger charge is 2.42. The van der Waals surface area contributed by atoms with Crippen molar-refractivity contribution in [2.75, 3.05) is 13.2 Å². The van der Waals surface area contributed by atoms with Crippen molar-refractivity contribution in [2.45, 2.75) is 19.4 Å². The van der Waals surface area contributed by atoms with Gasteiger partial charge in [-0.05, 0) is 48.7 Å². The Morgan fingerprint density at radius 1 is 1.31 bits per heavy atom. The maximum atomic E-state index is 13.1. The molecule has 1 aromatic heterocycles. The summed E-state index contributed by atoms with van der Waals surface area (Å²) in [6.45, 7) is 2.20. The number of carbonyl (C=O) groups is 1. The Bertz CT molecular complexity index is 1100. The second-order valence-corrected chi connectivity index (χ2v) is 8.34. The van der Waals surface area contributed by atoms with Gasteiger partial charge in [0.15, 0.2) is 0 Å². The number of benzene rings is 2. The summed E-state index contributed by atoms with van der Waals surface area (Å²) in [5, 5.41) is 27.5. The van der Waals surface area contributed by atoms with Gasteiger partial charge in [-0.2, -0.15) is 5.10 Å². The average Bonchev–Trinajstić information content (AvgIpc) is 3.22. The SMILES string of the molecule is Cc1cc(O)c(-c2n[nH]c3c2C(c2cccc(Br)c2)N(CCCO)C3=O)cc1Cl. The minimum absolute atomic E-state index is 0.0115. The molecule has 0 radical (unpaired) electrons. The third kappa shape index (κ3) is 3.43. The zero-order valence-electron chi connectivity index (χ0n) is 15.6. The smallest absolute Gasteiger partial charge is 0.273 e. The monoisotopic (exact) mass is 475 g/mol. The van der Waals surface area contributed by atoms with Crippen LogP contribution in [0, 0.1) is 6.92 Å². The van der Waals surface area contributed by atoms with E-state index in [-0.39, 0.29) is 18.3 Å². The van der Waals surface area contributed by atoms with Crippen LogP contribution in [-0.4, -0.2) is 44.4 Å². The van der Waals surface area contributed by atoms with Crippen LogP contribution in [0.3, 0.4) is 0 Å². The second kappa shape index (κ2) is 7.82. The van der Waals surface area contributed by atoms with Crippen LogP contribution in [-0.2, 0) is 0 Å². The summed E-state index contributed by atoms with van der Waals surface area (Å²) in [4.78, 5) is 14.8. The standard InChI is InChI=1S/C21H19BrClN3O3/c1-11-8-16(28)14(10-15(11)23)18-17-19(25-24-18)21(29)26(6-3-7-27)20(17)12-4-2-5-13(22)9-12/h2,4-5,8-10,20,27-28H,3,6-7H2,1H3,(H,24,25). The molecule has 0 fully saturated rings. The van der Waals surface area contributed by atoms with Gasteiger partial charge in [0.25, 0.3) is 5.91 Å². The lowest BCUT2D eigenvalue weighted by Gasteiger charge is -2.26.